The fraction of sp³-hybridized carbons (Fsp3) is 0.182. The van der Waals surface area contributed by atoms with Crippen molar-refractivity contribution in [3.8, 4) is 12.1 Å². The summed E-state index contributed by atoms with van der Waals surface area (Å²) >= 11 is 6.03. The lowest BCUT2D eigenvalue weighted by atomic mass is 9.73. The Labute approximate surface area is 160 Å². The Balaban J connectivity index is 2.82. The fourth-order valence-electron chi connectivity index (χ4n) is 3.26. The molecule has 1 aliphatic carbocycles. The highest BCUT2D eigenvalue weighted by molar-refractivity contribution is 6.30. The van der Waals surface area contributed by atoms with Gasteiger partial charge in [0.05, 0.1) is 0 Å². The zero-order chi connectivity index (χ0) is 19.3. The topological polar surface area (TPSA) is 50.8 Å². The predicted molar refractivity (Wildman–Crippen MR) is 106 cm³/mol. The first-order valence-electron chi connectivity index (χ1n) is 8.13. The molecule has 1 atom stereocenters. The molecule has 1 aromatic carbocycles. The number of nitrogens with zero attached hydrogens (tertiary/aromatic N) is 3. The van der Waals surface area contributed by atoms with E-state index >= 15 is 0 Å². The largest absolute Gasteiger partial charge is 0.383 e. The zero-order valence-electron chi connectivity index (χ0n) is 15.0. The van der Waals surface area contributed by atoms with Gasteiger partial charge in [-0.2, -0.15) is 10.5 Å². The molecule has 1 aromatic rings. The summed E-state index contributed by atoms with van der Waals surface area (Å²) in [5, 5.41) is 19.6. The van der Waals surface area contributed by atoms with E-state index in [2.05, 4.69) is 13.2 Å². The Kier molecular flexibility index (Phi) is 6.23. The van der Waals surface area contributed by atoms with Gasteiger partial charge in [0.15, 0.2) is 0 Å². The van der Waals surface area contributed by atoms with Crippen molar-refractivity contribution >= 4 is 11.6 Å². The average molecular weight is 362 g/mol. The van der Waals surface area contributed by atoms with Crippen molar-refractivity contribution in [2.24, 2.45) is 0 Å². The van der Waals surface area contributed by atoms with Gasteiger partial charge in [-0.1, -0.05) is 49.0 Å². The van der Waals surface area contributed by atoms with Gasteiger partial charge in [0.25, 0.3) is 0 Å². The molecule has 0 aromatic heterocycles. The third kappa shape index (κ3) is 3.80. The Bertz CT molecular complexity index is 884. The van der Waals surface area contributed by atoms with Crippen LogP contribution in [0.25, 0.3) is 0 Å². The van der Waals surface area contributed by atoms with Crippen molar-refractivity contribution in [3.05, 3.63) is 94.2 Å². The molecule has 2 rings (SSSR count). The van der Waals surface area contributed by atoms with Crippen LogP contribution in [0, 0.1) is 22.7 Å². The average Bonchev–Trinajstić information content (AvgIpc) is 2.63. The van der Waals surface area contributed by atoms with Crippen LogP contribution in [0.15, 0.2) is 83.6 Å². The number of halogens is 1. The summed E-state index contributed by atoms with van der Waals surface area (Å²) in [4.78, 5) is 1.92. The summed E-state index contributed by atoms with van der Waals surface area (Å²) < 4.78 is 0. The summed E-state index contributed by atoms with van der Waals surface area (Å²) in [5.74, 6) is 0.0475. The Hall–Kier alpha value is -3.01. The Morgan fingerprint density at radius 1 is 1.15 bits per heavy atom. The van der Waals surface area contributed by atoms with E-state index < -0.39 is 0 Å². The summed E-state index contributed by atoms with van der Waals surface area (Å²) in [6, 6.07) is 11.8. The Morgan fingerprint density at radius 2 is 1.77 bits per heavy atom. The number of hydrogen-bond acceptors (Lipinski definition) is 3. The summed E-state index contributed by atoms with van der Waals surface area (Å²) in [6.07, 6.45) is 6.10. The van der Waals surface area contributed by atoms with Crippen molar-refractivity contribution in [1.82, 2.24) is 4.90 Å². The van der Waals surface area contributed by atoms with Crippen LogP contribution in [-0.2, 0) is 0 Å². The van der Waals surface area contributed by atoms with Gasteiger partial charge in [-0.3, -0.25) is 0 Å². The van der Waals surface area contributed by atoms with Crippen LogP contribution >= 0.6 is 11.6 Å². The van der Waals surface area contributed by atoms with Crippen LogP contribution in [0.2, 0.25) is 5.02 Å². The molecule has 26 heavy (non-hydrogen) atoms. The molecule has 0 spiro atoms. The molecular formula is C22H20ClN3. The molecule has 1 unspecified atom stereocenters. The molecule has 130 valence electrons. The lowest BCUT2D eigenvalue weighted by molar-refractivity contribution is 0.553. The van der Waals surface area contributed by atoms with E-state index in [0.29, 0.717) is 17.0 Å². The van der Waals surface area contributed by atoms with Crippen LogP contribution < -0.4 is 0 Å². The molecule has 0 saturated carbocycles. The van der Waals surface area contributed by atoms with E-state index in [-0.39, 0.29) is 11.5 Å². The minimum atomic E-state index is 0.0475. The predicted octanol–water partition coefficient (Wildman–Crippen LogP) is 5.29. The van der Waals surface area contributed by atoms with Crippen LogP contribution in [0.1, 0.15) is 17.9 Å². The van der Waals surface area contributed by atoms with Gasteiger partial charge in [-0.05, 0) is 40.8 Å². The SMILES string of the molecule is C=CC1=C(C=C)C(c2ccc(Cl)cc2)CC(=CN(C)C)C1=C(C#N)C#N. The minimum absolute atomic E-state index is 0.0475. The maximum absolute atomic E-state index is 9.45. The standard InChI is InChI=1S/C22H20ClN3/c1-5-19-20(6-2)22(17(12-24)13-25)16(14-26(3)4)11-21(19)15-7-9-18(23)10-8-15/h5-10,14,21H,1-2,11H2,3-4H3. The van der Waals surface area contributed by atoms with E-state index in [9.17, 15) is 10.5 Å². The molecule has 3 nitrogen and oxygen atoms in total. The quantitative estimate of drug-likeness (QED) is 0.685. The zero-order valence-corrected chi connectivity index (χ0v) is 15.7. The molecule has 0 bridgehead atoms. The second-order valence-electron chi connectivity index (χ2n) is 6.18. The molecule has 0 saturated heterocycles. The molecule has 0 aliphatic heterocycles. The van der Waals surface area contributed by atoms with Crippen molar-refractivity contribution in [3.63, 3.8) is 0 Å². The van der Waals surface area contributed by atoms with Gasteiger partial charge in [0.2, 0.25) is 0 Å². The van der Waals surface area contributed by atoms with Gasteiger partial charge in [-0.25, -0.2) is 0 Å². The van der Waals surface area contributed by atoms with Crippen molar-refractivity contribution in [1.29, 1.82) is 10.5 Å². The van der Waals surface area contributed by atoms with E-state index in [1.54, 1.807) is 12.2 Å². The van der Waals surface area contributed by atoms with Crippen LogP contribution in [0.3, 0.4) is 0 Å². The number of benzene rings is 1. The lowest BCUT2D eigenvalue weighted by Crippen LogP contribution is -2.17. The molecule has 0 fully saturated rings. The van der Waals surface area contributed by atoms with Gasteiger partial charge in [0, 0.05) is 36.8 Å². The maximum Gasteiger partial charge on any atom is 0.137 e. The first-order valence-corrected chi connectivity index (χ1v) is 8.51. The second-order valence-corrected chi connectivity index (χ2v) is 6.61. The first-order chi connectivity index (χ1) is 12.5. The second kappa shape index (κ2) is 8.39. The highest BCUT2D eigenvalue weighted by atomic mass is 35.5. The lowest BCUT2D eigenvalue weighted by Gasteiger charge is -2.31. The van der Waals surface area contributed by atoms with Crippen molar-refractivity contribution in [2.45, 2.75) is 12.3 Å². The van der Waals surface area contributed by atoms with Gasteiger partial charge in [0.1, 0.15) is 17.7 Å². The van der Waals surface area contributed by atoms with Crippen LogP contribution in [0.5, 0.6) is 0 Å². The van der Waals surface area contributed by atoms with Gasteiger partial charge < -0.3 is 4.90 Å². The number of allylic oxidation sites excluding steroid dienone is 7. The van der Waals surface area contributed by atoms with Crippen LogP contribution in [-0.4, -0.2) is 19.0 Å². The molecule has 0 N–H and O–H groups in total. The maximum atomic E-state index is 9.45. The summed E-state index contributed by atoms with van der Waals surface area (Å²) in [6.45, 7) is 7.88. The van der Waals surface area contributed by atoms with Crippen molar-refractivity contribution in [2.75, 3.05) is 14.1 Å². The summed E-state index contributed by atoms with van der Waals surface area (Å²) in [5.41, 5.74) is 4.48. The molecule has 4 heteroatoms. The molecular weight excluding hydrogens is 342 g/mol. The molecule has 0 radical (unpaired) electrons. The molecule has 0 amide bonds. The van der Waals surface area contributed by atoms with Crippen molar-refractivity contribution < 1.29 is 0 Å². The monoisotopic (exact) mass is 361 g/mol. The number of rotatable bonds is 4. The highest BCUT2D eigenvalue weighted by Gasteiger charge is 2.30. The van der Waals surface area contributed by atoms with Gasteiger partial charge in [-0.15, -0.1) is 0 Å². The van der Waals surface area contributed by atoms with Gasteiger partial charge >= 0.3 is 0 Å². The van der Waals surface area contributed by atoms with E-state index in [0.717, 1.165) is 22.3 Å². The molecule has 1 aliphatic rings. The summed E-state index contributed by atoms with van der Waals surface area (Å²) in [7, 11) is 3.83. The number of nitriles is 2. The van der Waals surface area contributed by atoms with Crippen LogP contribution in [0.4, 0.5) is 0 Å². The van der Waals surface area contributed by atoms with E-state index in [4.69, 9.17) is 11.6 Å². The molecule has 0 heterocycles. The highest BCUT2D eigenvalue weighted by Crippen LogP contribution is 2.45. The third-order valence-electron chi connectivity index (χ3n) is 4.28. The first kappa shape index (κ1) is 19.3. The van der Waals surface area contributed by atoms with E-state index in [1.807, 2.05) is 61.6 Å². The minimum Gasteiger partial charge on any atom is -0.383 e. The third-order valence-corrected chi connectivity index (χ3v) is 4.54. The smallest absolute Gasteiger partial charge is 0.137 e. The van der Waals surface area contributed by atoms with E-state index in [1.165, 1.54) is 0 Å². The number of hydrogen-bond donors (Lipinski definition) is 0. The normalized spacial score (nSPS) is 18.1. The fourth-order valence-corrected chi connectivity index (χ4v) is 3.39. The Morgan fingerprint density at radius 3 is 2.23 bits per heavy atom.